The molecular formula is C12H20F2INO. The van der Waals surface area contributed by atoms with E-state index in [1.165, 1.54) is 0 Å². The van der Waals surface area contributed by atoms with E-state index in [9.17, 15) is 13.6 Å². The van der Waals surface area contributed by atoms with Crippen LogP contribution in [0.5, 0.6) is 0 Å². The van der Waals surface area contributed by atoms with Gasteiger partial charge in [-0.05, 0) is 18.8 Å². The Morgan fingerprint density at radius 3 is 2.35 bits per heavy atom. The zero-order chi connectivity index (χ0) is 13.1. The molecule has 0 aliphatic heterocycles. The number of carbonyl (C=O) groups is 1. The first-order valence-electron chi connectivity index (χ1n) is 6.10. The molecule has 1 N–H and O–H groups in total. The molecule has 1 rings (SSSR count). The number of rotatable bonds is 4. The largest absolute Gasteiger partial charge is 0.352 e. The monoisotopic (exact) mass is 359 g/mol. The molecule has 1 unspecified atom stereocenters. The third-order valence-electron chi connectivity index (χ3n) is 3.39. The molecule has 1 aliphatic carbocycles. The summed E-state index contributed by atoms with van der Waals surface area (Å²) in [5.74, 6) is -2.45. The molecule has 1 amide bonds. The zero-order valence-electron chi connectivity index (χ0n) is 10.3. The minimum atomic E-state index is -2.56. The number of hydrogen-bond donors (Lipinski definition) is 1. The standard InChI is InChI=1S/C12H20F2INO/c1-8(2)10(7-15)16-11(17)9-3-5-12(13,14)6-4-9/h8-10H,3-7H2,1-2H3,(H,16,17). The van der Waals surface area contributed by atoms with E-state index in [1.54, 1.807) is 0 Å². The Kier molecular flexibility index (Phi) is 5.60. The summed E-state index contributed by atoms with van der Waals surface area (Å²) >= 11 is 2.24. The van der Waals surface area contributed by atoms with Crippen LogP contribution in [0.3, 0.4) is 0 Å². The summed E-state index contributed by atoms with van der Waals surface area (Å²) in [4.78, 5) is 11.9. The van der Waals surface area contributed by atoms with Gasteiger partial charge < -0.3 is 5.32 Å². The smallest absolute Gasteiger partial charge is 0.248 e. The normalized spacial score (nSPS) is 22.5. The molecule has 1 atom stereocenters. The lowest BCUT2D eigenvalue weighted by Crippen LogP contribution is -2.44. The van der Waals surface area contributed by atoms with E-state index in [2.05, 4.69) is 41.8 Å². The predicted molar refractivity (Wildman–Crippen MR) is 72.6 cm³/mol. The van der Waals surface area contributed by atoms with Gasteiger partial charge >= 0.3 is 0 Å². The van der Waals surface area contributed by atoms with Gasteiger partial charge in [0.15, 0.2) is 0 Å². The molecule has 0 bridgehead atoms. The SMILES string of the molecule is CC(C)C(CI)NC(=O)C1CCC(F)(F)CC1. The van der Waals surface area contributed by atoms with Gasteiger partial charge in [-0.15, -0.1) is 0 Å². The molecule has 1 aliphatic rings. The van der Waals surface area contributed by atoms with Gasteiger partial charge in [-0.1, -0.05) is 36.4 Å². The zero-order valence-corrected chi connectivity index (χ0v) is 12.5. The molecule has 0 saturated heterocycles. The van der Waals surface area contributed by atoms with Crippen LogP contribution >= 0.6 is 22.6 Å². The van der Waals surface area contributed by atoms with Gasteiger partial charge in [-0.2, -0.15) is 0 Å². The highest BCUT2D eigenvalue weighted by molar-refractivity contribution is 14.1. The molecule has 1 saturated carbocycles. The summed E-state index contributed by atoms with van der Waals surface area (Å²) in [5.41, 5.74) is 0. The lowest BCUT2D eigenvalue weighted by Gasteiger charge is -2.29. The Hall–Kier alpha value is 0.0600. The Balaban J connectivity index is 2.44. The van der Waals surface area contributed by atoms with E-state index < -0.39 is 5.92 Å². The topological polar surface area (TPSA) is 29.1 Å². The Morgan fingerprint density at radius 1 is 1.41 bits per heavy atom. The highest BCUT2D eigenvalue weighted by Gasteiger charge is 2.37. The van der Waals surface area contributed by atoms with Crippen LogP contribution < -0.4 is 5.32 Å². The molecule has 0 spiro atoms. The van der Waals surface area contributed by atoms with E-state index in [0.717, 1.165) is 4.43 Å². The van der Waals surface area contributed by atoms with E-state index in [1.807, 2.05) is 0 Å². The van der Waals surface area contributed by atoms with Gasteiger partial charge in [0.2, 0.25) is 11.8 Å². The highest BCUT2D eigenvalue weighted by atomic mass is 127. The van der Waals surface area contributed by atoms with Crippen LogP contribution in [-0.2, 0) is 4.79 Å². The molecule has 1 fully saturated rings. The van der Waals surface area contributed by atoms with E-state index >= 15 is 0 Å². The average molecular weight is 359 g/mol. The summed E-state index contributed by atoms with van der Waals surface area (Å²) in [7, 11) is 0. The lowest BCUT2D eigenvalue weighted by atomic mass is 9.86. The molecule has 0 aromatic heterocycles. The second-order valence-electron chi connectivity index (χ2n) is 5.14. The van der Waals surface area contributed by atoms with Crippen LogP contribution in [0.4, 0.5) is 8.78 Å². The van der Waals surface area contributed by atoms with Crippen molar-refractivity contribution < 1.29 is 13.6 Å². The number of nitrogens with one attached hydrogen (secondary N) is 1. The Labute approximate surface area is 115 Å². The molecule has 0 aromatic carbocycles. The minimum absolute atomic E-state index is 0.0455. The second kappa shape index (κ2) is 6.29. The number of halogens is 3. The van der Waals surface area contributed by atoms with Crippen molar-refractivity contribution in [2.75, 3.05) is 4.43 Å². The van der Waals surface area contributed by atoms with E-state index in [0.29, 0.717) is 18.8 Å². The van der Waals surface area contributed by atoms with Crippen molar-refractivity contribution in [2.45, 2.75) is 51.5 Å². The quantitative estimate of drug-likeness (QED) is 0.605. The van der Waals surface area contributed by atoms with Crippen molar-refractivity contribution in [3.05, 3.63) is 0 Å². The van der Waals surface area contributed by atoms with Crippen LogP contribution in [0.25, 0.3) is 0 Å². The number of hydrogen-bond acceptors (Lipinski definition) is 1. The summed E-state index contributed by atoms with van der Waals surface area (Å²) in [6, 6.07) is 0.144. The summed E-state index contributed by atoms with van der Waals surface area (Å²) in [6.07, 6.45) is 0.319. The second-order valence-corrected chi connectivity index (χ2v) is 6.02. The lowest BCUT2D eigenvalue weighted by molar-refractivity contribution is -0.130. The number of amides is 1. The van der Waals surface area contributed by atoms with Crippen LogP contribution in [-0.4, -0.2) is 22.3 Å². The van der Waals surface area contributed by atoms with Gasteiger partial charge in [0, 0.05) is 29.2 Å². The van der Waals surface area contributed by atoms with Gasteiger partial charge in [-0.3, -0.25) is 4.79 Å². The Morgan fingerprint density at radius 2 is 1.94 bits per heavy atom. The third-order valence-corrected chi connectivity index (χ3v) is 4.34. The first-order valence-corrected chi connectivity index (χ1v) is 7.62. The highest BCUT2D eigenvalue weighted by Crippen LogP contribution is 2.36. The molecule has 0 heterocycles. The van der Waals surface area contributed by atoms with Crippen LogP contribution in [0.2, 0.25) is 0 Å². The maximum atomic E-state index is 13.0. The van der Waals surface area contributed by atoms with Crippen LogP contribution in [0, 0.1) is 11.8 Å². The summed E-state index contributed by atoms with van der Waals surface area (Å²) in [5, 5.41) is 2.97. The van der Waals surface area contributed by atoms with Crippen molar-refractivity contribution in [2.24, 2.45) is 11.8 Å². The van der Waals surface area contributed by atoms with Crippen LogP contribution in [0.15, 0.2) is 0 Å². The fourth-order valence-corrected chi connectivity index (χ4v) is 3.22. The summed E-state index contributed by atoms with van der Waals surface area (Å²) < 4.78 is 26.8. The average Bonchev–Trinajstić information content (AvgIpc) is 2.25. The Bertz CT molecular complexity index is 261. The van der Waals surface area contributed by atoms with Gasteiger partial charge in [0.25, 0.3) is 0 Å². The van der Waals surface area contributed by atoms with Crippen molar-refractivity contribution >= 4 is 28.5 Å². The van der Waals surface area contributed by atoms with Crippen molar-refractivity contribution in [1.82, 2.24) is 5.32 Å². The fraction of sp³-hybridized carbons (Fsp3) is 0.917. The van der Waals surface area contributed by atoms with Gasteiger partial charge in [0.05, 0.1) is 0 Å². The molecule has 100 valence electrons. The molecule has 5 heteroatoms. The molecular weight excluding hydrogens is 339 g/mol. The van der Waals surface area contributed by atoms with Gasteiger partial charge in [0.1, 0.15) is 0 Å². The van der Waals surface area contributed by atoms with E-state index in [-0.39, 0.29) is 30.7 Å². The van der Waals surface area contributed by atoms with Crippen LogP contribution in [0.1, 0.15) is 39.5 Å². The third kappa shape index (κ3) is 4.67. The minimum Gasteiger partial charge on any atom is -0.352 e. The summed E-state index contributed by atoms with van der Waals surface area (Å²) in [6.45, 7) is 4.11. The molecule has 17 heavy (non-hydrogen) atoms. The number of alkyl halides is 3. The number of carbonyl (C=O) groups excluding carboxylic acids is 1. The van der Waals surface area contributed by atoms with E-state index in [4.69, 9.17) is 0 Å². The maximum Gasteiger partial charge on any atom is 0.248 e. The molecule has 0 radical (unpaired) electrons. The van der Waals surface area contributed by atoms with Crippen molar-refractivity contribution in [3.8, 4) is 0 Å². The predicted octanol–water partition coefficient (Wildman–Crippen LogP) is 3.39. The van der Waals surface area contributed by atoms with Crippen molar-refractivity contribution in [1.29, 1.82) is 0 Å². The fourth-order valence-electron chi connectivity index (χ4n) is 1.99. The first kappa shape index (κ1) is 15.1. The van der Waals surface area contributed by atoms with Gasteiger partial charge in [-0.25, -0.2) is 8.78 Å². The first-order chi connectivity index (χ1) is 7.85. The maximum absolute atomic E-state index is 13.0. The van der Waals surface area contributed by atoms with Crippen molar-refractivity contribution in [3.63, 3.8) is 0 Å². The molecule has 2 nitrogen and oxygen atoms in total. The molecule has 0 aromatic rings.